The van der Waals surface area contributed by atoms with Gasteiger partial charge >= 0.3 is 6.03 Å². The van der Waals surface area contributed by atoms with Crippen molar-refractivity contribution in [3.8, 4) is 5.88 Å². The minimum atomic E-state index is -0.367. The van der Waals surface area contributed by atoms with Crippen LogP contribution in [0.25, 0.3) is 0 Å². The van der Waals surface area contributed by atoms with E-state index in [-0.39, 0.29) is 12.6 Å². The molecule has 6 heteroatoms. The van der Waals surface area contributed by atoms with Crippen molar-refractivity contribution in [3.63, 3.8) is 0 Å². The van der Waals surface area contributed by atoms with Crippen molar-refractivity contribution in [2.75, 3.05) is 24.4 Å². The fourth-order valence-corrected chi connectivity index (χ4v) is 1.86. The third-order valence-corrected chi connectivity index (χ3v) is 2.85. The van der Waals surface area contributed by atoms with Crippen LogP contribution in [0.15, 0.2) is 42.6 Å². The number of carbonyl (C=O) groups is 1. The lowest BCUT2D eigenvalue weighted by Crippen LogP contribution is -2.20. The highest BCUT2D eigenvalue weighted by atomic mass is 16.5. The number of amides is 2. The van der Waals surface area contributed by atoms with E-state index in [2.05, 4.69) is 15.6 Å². The lowest BCUT2D eigenvalue weighted by Gasteiger charge is -2.11. The molecular formula is C15H17N3O3. The second-order valence-electron chi connectivity index (χ2n) is 4.30. The number of pyridine rings is 1. The van der Waals surface area contributed by atoms with E-state index in [0.29, 0.717) is 23.7 Å². The van der Waals surface area contributed by atoms with Gasteiger partial charge in [0.05, 0.1) is 7.11 Å². The number of carbonyl (C=O) groups excluding carboxylic acids is 1. The summed E-state index contributed by atoms with van der Waals surface area (Å²) in [6.07, 6.45) is 2.04. The van der Waals surface area contributed by atoms with E-state index in [0.717, 1.165) is 5.56 Å². The lowest BCUT2D eigenvalue weighted by atomic mass is 10.1. The highest BCUT2D eigenvalue weighted by Gasteiger charge is 2.07. The lowest BCUT2D eigenvalue weighted by molar-refractivity contribution is 0.262. The summed E-state index contributed by atoms with van der Waals surface area (Å²) in [5.74, 6) is 0.425. The van der Waals surface area contributed by atoms with Crippen molar-refractivity contribution in [3.05, 3.63) is 48.2 Å². The number of nitrogens with zero attached hydrogens (tertiary/aromatic N) is 1. The third kappa shape index (κ3) is 4.19. The van der Waals surface area contributed by atoms with Crippen molar-refractivity contribution in [1.29, 1.82) is 0 Å². The molecule has 1 aromatic heterocycles. The number of rotatable bonds is 5. The topological polar surface area (TPSA) is 83.5 Å². The molecule has 0 aliphatic rings. The molecule has 21 heavy (non-hydrogen) atoms. The summed E-state index contributed by atoms with van der Waals surface area (Å²) < 4.78 is 5.00. The number of urea groups is 1. The van der Waals surface area contributed by atoms with Crippen molar-refractivity contribution >= 4 is 17.4 Å². The number of methoxy groups -OCH3 is 1. The molecule has 0 atom stereocenters. The summed E-state index contributed by atoms with van der Waals surface area (Å²) >= 11 is 0. The average Bonchev–Trinajstić information content (AvgIpc) is 2.49. The van der Waals surface area contributed by atoms with Crippen LogP contribution in [-0.2, 0) is 6.42 Å². The molecule has 0 saturated carbocycles. The van der Waals surface area contributed by atoms with Gasteiger partial charge in [0.25, 0.3) is 0 Å². The maximum atomic E-state index is 12.0. The van der Waals surface area contributed by atoms with Crippen molar-refractivity contribution in [2.24, 2.45) is 0 Å². The summed E-state index contributed by atoms with van der Waals surface area (Å²) in [6.45, 7) is 0.0296. The minimum absolute atomic E-state index is 0.0296. The highest BCUT2D eigenvalue weighted by Crippen LogP contribution is 2.17. The number of aromatic nitrogens is 1. The summed E-state index contributed by atoms with van der Waals surface area (Å²) in [6, 6.07) is 10.3. The van der Waals surface area contributed by atoms with Gasteiger partial charge in [-0.3, -0.25) is 0 Å². The molecule has 1 aromatic carbocycles. The highest BCUT2D eigenvalue weighted by molar-refractivity contribution is 6.00. The first kappa shape index (κ1) is 14.8. The maximum Gasteiger partial charge on any atom is 0.323 e. The van der Waals surface area contributed by atoms with Crippen LogP contribution in [0.4, 0.5) is 16.2 Å². The van der Waals surface area contributed by atoms with E-state index in [1.54, 1.807) is 24.4 Å². The van der Waals surface area contributed by atoms with Gasteiger partial charge in [0, 0.05) is 30.2 Å². The van der Waals surface area contributed by atoms with Crippen LogP contribution in [0, 0.1) is 0 Å². The van der Waals surface area contributed by atoms with E-state index in [1.807, 2.05) is 18.2 Å². The Labute approximate surface area is 122 Å². The molecule has 6 nitrogen and oxygen atoms in total. The van der Waals surface area contributed by atoms with E-state index in [1.165, 1.54) is 7.11 Å². The van der Waals surface area contributed by atoms with Gasteiger partial charge in [-0.2, -0.15) is 0 Å². The first-order chi connectivity index (χ1) is 10.2. The number of benzene rings is 1. The fourth-order valence-electron chi connectivity index (χ4n) is 1.86. The Kier molecular flexibility index (Phi) is 5.11. The molecule has 0 radical (unpaired) electrons. The number of aliphatic hydroxyl groups excluding tert-OH is 1. The molecular weight excluding hydrogens is 270 g/mol. The van der Waals surface area contributed by atoms with Crippen LogP contribution < -0.4 is 15.4 Å². The zero-order chi connectivity index (χ0) is 15.1. The van der Waals surface area contributed by atoms with Gasteiger partial charge in [-0.25, -0.2) is 9.78 Å². The molecule has 0 fully saturated rings. The summed E-state index contributed by atoms with van der Waals surface area (Å²) in [7, 11) is 1.51. The van der Waals surface area contributed by atoms with Gasteiger partial charge in [-0.15, -0.1) is 0 Å². The van der Waals surface area contributed by atoms with Crippen molar-refractivity contribution < 1.29 is 14.6 Å². The average molecular weight is 287 g/mol. The zero-order valence-corrected chi connectivity index (χ0v) is 11.7. The van der Waals surface area contributed by atoms with E-state index in [4.69, 9.17) is 9.84 Å². The number of hydrogen-bond acceptors (Lipinski definition) is 4. The second kappa shape index (κ2) is 7.25. The second-order valence-corrected chi connectivity index (χ2v) is 4.30. The molecule has 0 aliphatic heterocycles. The number of para-hydroxylation sites is 1. The van der Waals surface area contributed by atoms with Crippen LogP contribution in [-0.4, -0.2) is 29.8 Å². The SMILES string of the molecule is COc1cc(NC(=O)Nc2ccccc2CCO)ccn1. The Bertz CT molecular complexity index is 617. The Morgan fingerprint density at radius 2 is 2.10 bits per heavy atom. The Morgan fingerprint density at radius 1 is 1.29 bits per heavy atom. The van der Waals surface area contributed by atoms with Gasteiger partial charge in [-0.1, -0.05) is 18.2 Å². The van der Waals surface area contributed by atoms with E-state index >= 15 is 0 Å². The minimum Gasteiger partial charge on any atom is -0.481 e. The first-order valence-corrected chi connectivity index (χ1v) is 6.49. The summed E-state index contributed by atoms with van der Waals surface area (Å²) in [5.41, 5.74) is 2.13. The van der Waals surface area contributed by atoms with Gasteiger partial charge < -0.3 is 20.5 Å². The van der Waals surface area contributed by atoms with Gasteiger partial charge in [0.2, 0.25) is 5.88 Å². The molecule has 0 spiro atoms. The Morgan fingerprint density at radius 3 is 2.86 bits per heavy atom. The van der Waals surface area contributed by atoms with Crippen LogP contribution in [0.1, 0.15) is 5.56 Å². The smallest absolute Gasteiger partial charge is 0.323 e. The molecule has 0 aliphatic carbocycles. The molecule has 2 rings (SSSR count). The van der Waals surface area contributed by atoms with E-state index in [9.17, 15) is 4.79 Å². The number of nitrogens with one attached hydrogen (secondary N) is 2. The molecule has 3 N–H and O–H groups in total. The number of ether oxygens (including phenoxy) is 1. The zero-order valence-electron chi connectivity index (χ0n) is 11.7. The summed E-state index contributed by atoms with van der Waals surface area (Å²) in [4.78, 5) is 16.0. The van der Waals surface area contributed by atoms with Gasteiger partial charge in [0.1, 0.15) is 0 Å². The number of aliphatic hydroxyl groups is 1. The van der Waals surface area contributed by atoms with Crippen LogP contribution in [0.5, 0.6) is 5.88 Å². The quantitative estimate of drug-likeness (QED) is 0.787. The third-order valence-electron chi connectivity index (χ3n) is 2.85. The van der Waals surface area contributed by atoms with E-state index < -0.39 is 0 Å². The predicted octanol–water partition coefficient (Wildman–Crippen LogP) is 2.27. The molecule has 0 unspecified atom stereocenters. The van der Waals surface area contributed by atoms with Crippen LogP contribution >= 0.6 is 0 Å². The molecule has 0 bridgehead atoms. The van der Waals surface area contributed by atoms with Gasteiger partial charge in [0.15, 0.2) is 0 Å². The maximum absolute atomic E-state index is 12.0. The fraction of sp³-hybridized carbons (Fsp3) is 0.200. The molecule has 1 heterocycles. The molecule has 2 amide bonds. The number of hydrogen-bond donors (Lipinski definition) is 3. The predicted molar refractivity (Wildman–Crippen MR) is 80.7 cm³/mol. The molecule has 2 aromatic rings. The standard InChI is InChI=1S/C15H17N3O3/c1-21-14-10-12(6-8-16-14)17-15(20)18-13-5-3-2-4-11(13)7-9-19/h2-6,8,10,19H,7,9H2,1H3,(H2,16,17,18,20). The van der Waals surface area contributed by atoms with Crippen molar-refractivity contribution in [1.82, 2.24) is 4.98 Å². The molecule has 110 valence electrons. The normalized spacial score (nSPS) is 10.0. The Balaban J connectivity index is 2.04. The first-order valence-electron chi connectivity index (χ1n) is 6.49. The van der Waals surface area contributed by atoms with Crippen LogP contribution in [0.3, 0.4) is 0 Å². The molecule has 0 saturated heterocycles. The number of anilines is 2. The Hall–Kier alpha value is -2.60. The summed E-state index contributed by atoms with van der Waals surface area (Å²) in [5, 5.41) is 14.5. The monoisotopic (exact) mass is 287 g/mol. The van der Waals surface area contributed by atoms with Crippen molar-refractivity contribution in [2.45, 2.75) is 6.42 Å². The largest absolute Gasteiger partial charge is 0.481 e. The van der Waals surface area contributed by atoms with Gasteiger partial charge in [-0.05, 0) is 24.1 Å². The van der Waals surface area contributed by atoms with Crippen LogP contribution in [0.2, 0.25) is 0 Å².